The Morgan fingerprint density at radius 3 is 0.926 bits per heavy atom. The van der Waals surface area contributed by atoms with E-state index in [2.05, 4.69) is 0 Å². The maximum absolute atomic E-state index is 5.98. The molecule has 1 saturated heterocycles. The minimum atomic E-state index is 0.471. The van der Waals surface area contributed by atoms with Gasteiger partial charge in [-0.25, -0.2) is 0 Å². The molecule has 4 rings (SSSR count). The van der Waals surface area contributed by atoms with E-state index in [1.165, 1.54) is 0 Å². The van der Waals surface area contributed by atoms with Gasteiger partial charge in [0, 0.05) is 0 Å². The molecule has 0 atom stereocenters. The second-order valence-electron chi connectivity index (χ2n) is 6.08. The van der Waals surface area contributed by atoms with Gasteiger partial charge in [-0.3, -0.25) is 0 Å². The molecule has 0 aliphatic carbocycles. The number of hydrogen-bond acceptors (Lipinski definition) is 6. The lowest BCUT2D eigenvalue weighted by molar-refractivity contribution is -0.296. The van der Waals surface area contributed by atoms with E-state index >= 15 is 0 Å². The molecular weight excluding hydrogens is 342 g/mol. The maximum Gasteiger partial charge on any atom is 0.147 e. The van der Waals surface area contributed by atoms with E-state index in [9.17, 15) is 0 Å². The summed E-state index contributed by atoms with van der Waals surface area (Å²) in [6, 6.07) is 29.0. The highest BCUT2D eigenvalue weighted by Gasteiger charge is 2.28. The molecule has 1 fully saturated rings. The Hall–Kier alpha value is -3.06. The van der Waals surface area contributed by atoms with Crippen molar-refractivity contribution in [3.63, 3.8) is 0 Å². The van der Waals surface area contributed by atoms with E-state index in [1.807, 2.05) is 91.0 Å². The lowest BCUT2D eigenvalue weighted by atomic mass is 10.3. The van der Waals surface area contributed by atoms with Crippen LogP contribution in [-0.4, -0.2) is 35.2 Å². The molecule has 0 radical (unpaired) electrons. The zero-order valence-electron chi connectivity index (χ0n) is 14.8. The summed E-state index contributed by atoms with van der Waals surface area (Å²) in [5.41, 5.74) is 0. The summed E-state index contributed by atoms with van der Waals surface area (Å²) in [5.74, 6) is 2.29. The van der Waals surface area contributed by atoms with Gasteiger partial charge in [0.15, 0.2) is 0 Å². The van der Waals surface area contributed by atoms with E-state index in [1.54, 1.807) is 15.2 Å². The lowest BCUT2D eigenvalue weighted by Gasteiger charge is -2.39. The second-order valence-corrected chi connectivity index (χ2v) is 6.08. The molecule has 0 amide bonds. The third-order valence-corrected chi connectivity index (χ3v) is 3.88. The Morgan fingerprint density at radius 1 is 0.407 bits per heavy atom. The fourth-order valence-corrected chi connectivity index (χ4v) is 2.73. The summed E-state index contributed by atoms with van der Waals surface area (Å²) in [4.78, 5) is 17.9. The second kappa shape index (κ2) is 8.55. The first-order valence-electron chi connectivity index (χ1n) is 8.79. The van der Waals surface area contributed by atoms with Crippen molar-refractivity contribution in [3.05, 3.63) is 91.0 Å². The van der Waals surface area contributed by atoms with Gasteiger partial charge in [-0.05, 0) is 36.4 Å². The maximum atomic E-state index is 5.98. The summed E-state index contributed by atoms with van der Waals surface area (Å²) in [5, 5.41) is 5.35. The average Bonchev–Trinajstić information content (AvgIpc) is 2.70. The first-order chi connectivity index (χ1) is 13.3. The largest absolute Gasteiger partial charge is 0.403 e. The van der Waals surface area contributed by atoms with E-state index in [-0.39, 0.29) is 0 Å². The molecule has 1 aliphatic rings. The van der Waals surface area contributed by atoms with Crippen molar-refractivity contribution in [2.24, 2.45) is 0 Å². The Bertz CT molecular complexity index is 699. The summed E-state index contributed by atoms with van der Waals surface area (Å²) < 4.78 is 0. The molecule has 138 valence electrons. The van der Waals surface area contributed by atoms with Crippen LogP contribution in [0.2, 0.25) is 0 Å². The molecule has 3 aromatic carbocycles. The molecule has 6 heteroatoms. The number of rotatable bonds is 6. The summed E-state index contributed by atoms with van der Waals surface area (Å²) in [7, 11) is 0. The SMILES string of the molecule is c1ccc(ON2CN(Oc3ccccc3)CN(Oc3ccccc3)C2)cc1. The fraction of sp³-hybridized carbons (Fsp3) is 0.143. The highest BCUT2D eigenvalue weighted by atomic mass is 16.8. The van der Waals surface area contributed by atoms with Gasteiger partial charge in [-0.1, -0.05) is 54.6 Å². The highest BCUT2D eigenvalue weighted by molar-refractivity contribution is 5.22. The molecule has 0 spiro atoms. The molecular formula is C21H21N3O3. The van der Waals surface area contributed by atoms with Crippen molar-refractivity contribution in [1.82, 2.24) is 15.2 Å². The molecule has 1 heterocycles. The number of hydroxylamine groups is 6. The zero-order chi connectivity index (χ0) is 18.3. The smallest absolute Gasteiger partial charge is 0.147 e. The third kappa shape index (κ3) is 4.98. The van der Waals surface area contributed by atoms with Crippen LogP contribution in [0.25, 0.3) is 0 Å². The van der Waals surface area contributed by atoms with E-state index < -0.39 is 0 Å². The van der Waals surface area contributed by atoms with Crippen LogP contribution in [0.15, 0.2) is 91.0 Å². The predicted molar refractivity (Wildman–Crippen MR) is 101 cm³/mol. The van der Waals surface area contributed by atoms with Crippen molar-refractivity contribution in [1.29, 1.82) is 0 Å². The fourth-order valence-electron chi connectivity index (χ4n) is 2.73. The normalized spacial score (nSPS) is 16.0. The number of hydrogen-bond donors (Lipinski definition) is 0. The van der Waals surface area contributed by atoms with Crippen LogP contribution in [0.1, 0.15) is 0 Å². The monoisotopic (exact) mass is 363 g/mol. The van der Waals surface area contributed by atoms with Gasteiger partial charge in [-0.15, -0.1) is 15.2 Å². The first kappa shape index (κ1) is 17.4. The van der Waals surface area contributed by atoms with Crippen LogP contribution >= 0.6 is 0 Å². The molecule has 1 aliphatic heterocycles. The van der Waals surface area contributed by atoms with E-state index in [0.717, 1.165) is 17.2 Å². The average molecular weight is 363 g/mol. The number of nitrogens with zero attached hydrogens (tertiary/aromatic N) is 3. The summed E-state index contributed by atoms with van der Waals surface area (Å²) in [6.07, 6.45) is 0. The molecule has 6 nitrogen and oxygen atoms in total. The van der Waals surface area contributed by atoms with Gasteiger partial charge in [0.1, 0.15) is 37.3 Å². The van der Waals surface area contributed by atoms with Gasteiger partial charge in [0.25, 0.3) is 0 Å². The molecule has 0 unspecified atom stereocenters. The highest BCUT2D eigenvalue weighted by Crippen LogP contribution is 2.19. The van der Waals surface area contributed by atoms with Gasteiger partial charge in [0.05, 0.1) is 0 Å². The van der Waals surface area contributed by atoms with Crippen LogP contribution in [0.3, 0.4) is 0 Å². The molecule has 0 saturated carbocycles. The Labute approximate surface area is 158 Å². The van der Waals surface area contributed by atoms with Gasteiger partial charge in [0.2, 0.25) is 0 Å². The minimum absolute atomic E-state index is 0.471. The van der Waals surface area contributed by atoms with Crippen LogP contribution in [0, 0.1) is 0 Å². The Kier molecular flexibility index (Phi) is 5.50. The lowest BCUT2D eigenvalue weighted by Crippen LogP contribution is -2.57. The summed E-state index contributed by atoms with van der Waals surface area (Å²) >= 11 is 0. The zero-order valence-corrected chi connectivity index (χ0v) is 14.8. The van der Waals surface area contributed by atoms with Gasteiger partial charge < -0.3 is 14.5 Å². The molecule has 3 aromatic rings. The van der Waals surface area contributed by atoms with E-state index in [4.69, 9.17) is 14.5 Å². The Morgan fingerprint density at radius 2 is 0.667 bits per heavy atom. The summed E-state index contributed by atoms with van der Waals surface area (Å²) in [6.45, 7) is 1.41. The van der Waals surface area contributed by atoms with Crippen LogP contribution in [0.4, 0.5) is 0 Å². The van der Waals surface area contributed by atoms with Crippen LogP contribution in [-0.2, 0) is 0 Å². The molecule has 0 aromatic heterocycles. The third-order valence-electron chi connectivity index (χ3n) is 3.88. The van der Waals surface area contributed by atoms with E-state index in [0.29, 0.717) is 20.0 Å². The van der Waals surface area contributed by atoms with Crippen molar-refractivity contribution in [2.45, 2.75) is 0 Å². The van der Waals surface area contributed by atoms with Gasteiger partial charge >= 0.3 is 0 Å². The van der Waals surface area contributed by atoms with Crippen molar-refractivity contribution >= 4 is 0 Å². The molecule has 0 bridgehead atoms. The van der Waals surface area contributed by atoms with Crippen molar-refractivity contribution in [3.8, 4) is 17.2 Å². The van der Waals surface area contributed by atoms with Crippen LogP contribution in [0.5, 0.6) is 17.2 Å². The first-order valence-corrected chi connectivity index (χ1v) is 8.79. The van der Waals surface area contributed by atoms with Crippen molar-refractivity contribution in [2.75, 3.05) is 20.0 Å². The Balaban J connectivity index is 1.47. The molecule has 27 heavy (non-hydrogen) atoms. The quantitative estimate of drug-likeness (QED) is 0.664. The number of benzene rings is 3. The topological polar surface area (TPSA) is 37.4 Å². The van der Waals surface area contributed by atoms with Gasteiger partial charge in [-0.2, -0.15) is 0 Å². The minimum Gasteiger partial charge on any atom is -0.403 e. The molecule has 0 N–H and O–H groups in total. The number of para-hydroxylation sites is 3. The predicted octanol–water partition coefficient (Wildman–Crippen LogP) is 3.76. The van der Waals surface area contributed by atoms with Crippen molar-refractivity contribution < 1.29 is 14.5 Å². The van der Waals surface area contributed by atoms with Crippen LogP contribution < -0.4 is 14.5 Å². The standard InChI is InChI=1S/C21H21N3O3/c1-4-10-19(11-5-1)25-22-16-23(26-20-12-6-2-7-13-20)18-24(17-22)27-21-14-8-3-9-15-21/h1-15H,16-18H2.